The lowest BCUT2D eigenvalue weighted by Crippen LogP contribution is -2.01. The van der Waals surface area contributed by atoms with Crippen molar-refractivity contribution in [2.24, 2.45) is 0 Å². The van der Waals surface area contributed by atoms with Crippen molar-refractivity contribution >= 4 is 44.6 Å². The standard InChI is InChI=1S/C14H15BrClNO2S/c1-2-19-13-4-3-10(5-9(13)8-18)17-7-11-6-12(15)14(16)20-11/h3-6,17-18H,2,7-8H2,1H3. The molecule has 108 valence electrons. The molecular weight excluding hydrogens is 362 g/mol. The average molecular weight is 377 g/mol. The predicted octanol–water partition coefficient (Wildman–Crippen LogP) is 4.67. The molecule has 0 aliphatic heterocycles. The summed E-state index contributed by atoms with van der Waals surface area (Å²) in [6.07, 6.45) is 0. The van der Waals surface area contributed by atoms with E-state index in [2.05, 4.69) is 21.2 Å². The smallest absolute Gasteiger partial charge is 0.124 e. The van der Waals surface area contributed by atoms with Gasteiger partial charge in [-0.2, -0.15) is 0 Å². The second-order valence-electron chi connectivity index (χ2n) is 4.10. The molecule has 0 fully saturated rings. The molecule has 20 heavy (non-hydrogen) atoms. The number of halogens is 2. The van der Waals surface area contributed by atoms with Crippen LogP contribution in [0.25, 0.3) is 0 Å². The Morgan fingerprint density at radius 2 is 2.20 bits per heavy atom. The van der Waals surface area contributed by atoms with Crippen LogP contribution in [0.1, 0.15) is 17.4 Å². The third-order valence-corrected chi connectivity index (χ3v) is 5.17. The summed E-state index contributed by atoms with van der Waals surface area (Å²) in [5.74, 6) is 0.725. The summed E-state index contributed by atoms with van der Waals surface area (Å²) >= 11 is 10.9. The zero-order valence-electron chi connectivity index (χ0n) is 11.0. The van der Waals surface area contributed by atoms with Gasteiger partial charge in [-0.15, -0.1) is 11.3 Å². The SMILES string of the molecule is CCOc1ccc(NCc2cc(Br)c(Cl)s2)cc1CO. The fourth-order valence-electron chi connectivity index (χ4n) is 1.78. The van der Waals surface area contributed by atoms with Gasteiger partial charge in [-0.25, -0.2) is 0 Å². The van der Waals surface area contributed by atoms with Gasteiger partial charge in [-0.3, -0.25) is 0 Å². The summed E-state index contributed by atoms with van der Waals surface area (Å²) in [6, 6.07) is 7.71. The zero-order chi connectivity index (χ0) is 14.5. The first-order valence-electron chi connectivity index (χ1n) is 6.18. The molecule has 1 aromatic carbocycles. The Morgan fingerprint density at radius 3 is 2.80 bits per heavy atom. The maximum absolute atomic E-state index is 9.37. The second kappa shape index (κ2) is 7.31. The lowest BCUT2D eigenvalue weighted by atomic mass is 10.2. The van der Waals surface area contributed by atoms with E-state index in [1.165, 1.54) is 11.3 Å². The van der Waals surface area contributed by atoms with Gasteiger partial charge >= 0.3 is 0 Å². The molecule has 0 amide bonds. The van der Waals surface area contributed by atoms with Crippen LogP contribution in [-0.2, 0) is 13.2 Å². The van der Waals surface area contributed by atoms with E-state index in [4.69, 9.17) is 16.3 Å². The number of anilines is 1. The normalized spacial score (nSPS) is 10.6. The summed E-state index contributed by atoms with van der Waals surface area (Å²) in [6.45, 7) is 3.16. The molecule has 6 heteroatoms. The highest BCUT2D eigenvalue weighted by Gasteiger charge is 2.06. The molecule has 0 radical (unpaired) electrons. The van der Waals surface area contributed by atoms with Gasteiger partial charge in [0.15, 0.2) is 0 Å². The Kier molecular flexibility index (Phi) is 5.72. The number of thiophene rings is 1. The van der Waals surface area contributed by atoms with Crippen molar-refractivity contribution in [3.05, 3.63) is 43.5 Å². The van der Waals surface area contributed by atoms with E-state index < -0.39 is 0 Å². The fraction of sp³-hybridized carbons (Fsp3) is 0.286. The lowest BCUT2D eigenvalue weighted by Gasteiger charge is -2.11. The first-order chi connectivity index (χ1) is 9.63. The molecule has 3 nitrogen and oxygen atoms in total. The van der Waals surface area contributed by atoms with E-state index in [1.807, 2.05) is 31.2 Å². The summed E-state index contributed by atoms with van der Waals surface area (Å²) in [4.78, 5) is 1.14. The largest absolute Gasteiger partial charge is 0.494 e. The highest BCUT2D eigenvalue weighted by Crippen LogP contribution is 2.32. The van der Waals surface area contributed by atoms with Gasteiger partial charge < -0.3 is 15.2 Å². The van der Waals surface area contributed by atoms with Crippen molar-refractivity contribution in [3.63, 3.8) is 0 Å². The molecule has 0 aliphatic rings. The van der Waals surface area contributed by atoms with Crippen molar-refractivity contribution in [3.8, 4) is 5.75 Å². The van der Waals surface area contributed by atoms with E-state index in [1.54, 1.807) is 0 Å². The van der Waals surface area contributed by atoms with Crippen molar-refractivity contribution in [1.82, 2.24) is 0 Å². The minimum atomic E-state index is -0.0404. The first kappa shape index (κ1) is 15.6. The number of hydrogen-bond acceptors (Lipinski definition) is 4. The lowest BCUT2D eigenvalue weighted by molar-refractivity contribution is 0.267. The molecule has 1 heterocycles. The van der Waals surface area contributed by atoms with Gasteiger partial charge in [0.2, 0.25) is 0 Å². The van der Waals surface area contributed by atoms with Gasteiger partial charge in [0.1, 0.15) is 10.1 Å². The third-order valence-electron chi connectivity index (χ3n) is 2.69. The highest BCUT2D eigenvalue weighted by molar-refractivity contribution is 9.10. The maximum Gasteiger partial charge on any atom is 0.124 e. The summed E-state index contributed by atoms with van der Waals surface area (Å²) in [7, 11) is 0. The molecule has 0 unspecified atom stereocenters. The van der Waals surface area contributed by atoms with Gasteiger partial charge in [-0.1, -0.05) is 11.6 Å². The van der Waals surface area contributed by atoms with Gasteiger partial charge in [0, 0.05) is 27.1 Å². The fourth-order valence-corrected chi connectivity index (χ4v) is 3.51. The van der Waals surface area contributed by atoms with Crippen LogP contribution in [0.4, 0.5) is 5.69 Å². The topological polar surface area (TPSA) is 41.5 Å². The molecule has 2 rings (SSSR count). The van der Waals surface area contributed by atoms with E-state index in [0.717, 1.165) is 30.7 Å². The molecule has 0 bridgehead atoms. The van der Waals surface area contributed by atoms with E-state index in [0.29, 0.717) is 13.2 Å². The molecule has 0 saturated carbocycles. The van der Waals surface area contributed by atoms with Crippen LogP contribution in [0.15, 0.2) is 28.7 Å². The van der Waals surface area contributed by atoms with E-state index >= 15 is 0 Å². The number of rotatable bonds is 6. The van der Waals surface area contributed by atoms with Gasteiger partial charge in [0.05, 0.1) is 13.2 Å². The predicted molar refractivity (Wildman–Crippen MR) is 87.9 cm³/mol. The minimum absolute atomic E-state index is 0.0404. The Labute approximate surface area is 135 Å². The second-order valence-corrected chi connectivity index (χ2v) is 6.69. The van der Waals surface area contributed by atoms with Crippen LogP contribution >= 0.6 is 38.9 Å². The molecule has 2 aromatic rings. The Bertz CT molecular complexity index is 569. The van der Waals surface area contributed by atoms with E-state index in [9.17, 15) is 5.11 Å². The van der Waals surface area contributed by atoms with Gasteiger partial charge in [-0.05, 0) is 47.1 Å². The van der Waals surface area contributed by atoms with Crippen molar-refractivity contribution < 1.29 is 9.84 Å². The van der Waals surface area contributed by atoms with Crippen molar-refractivity contribution in [2.75, 3.05) is 11.9 Å². The molecule has 0 aliphatic carbocycles. The van der Waals surface area contributed by atoms with Crippen LogP contribution in [0.5, 0.6) is 5.75 Å². The number of aliphatic hydroxyl groups excluding tert-OH is 1. The number of nitrogens with one attached hydrogen (secondary N) is 1. The molecular formula is C14H15BrClNO2S. The highest BCUT2D eigenvalue weighted by atomic mass is 79.9. The Morgan fingerprint density at radius 1 is 1.40 bits per heavy atom. The van der Waals surface area contributed by atoms with Crippen LogP contribution in [0.3, 0.4) is 0 Å². The maximum atomic E-state index is 9.37. The van der Waals surface area contributed by atoms with Crippen LogP contribution in [-0.4, -0.2) is 11.7 Å². The van der Waals surface area contributed by atoms with E-state index in [-0.39, 0.29) is 6.61 Å². The first-order valence-corrected chi connectivity index (χ1v) is 8.17. The zero-order valence-corrected chi connectivity index (χ0v) is 14.1. The van der Waals surface area contributed by atoms with Crippen LogP contribution in [0, 0.1) is 0 Å². The Hall–Kier alpha value is -0.750. The molecule has 1 aromatic heterocycles. The quantitative estimate of drug-likeness (QED) is 0.770. The summed E-state index contributed by atoms with van der Waals surface area (Å²) < 4.78 is 7.13. The number of benzene rings is 1. The average Bonchev–Trinajstić information content (AvgIpc) is 2.77. The monoisotopic (exact) mass is 375 g/mol. The number of aliphatic hydroxyl groups is 1. The Balaban J connectivity index is 2.06. The van der Waals surface area contributed by atoms with Crippen molar-refractivity contribution in [2.45, 2.75) is 20.1 Å². The third kappa shape index (κ3) is 3.88. The molecule has 2 N–H and O–H groups in total. The molecule has 0 saturated heterocycles. The van der Waals surface area contributed by atoms with Gasteiger partial charge in [0.25, 0.3) is 0 Å². The minimum Gasteiger partial charge on any atom is -0.494 e. The number of ether oxygens (including phenoxy) is 1. The van der Waals surface area contributed by atoms with Crippen LogP contribution < -0.4 is 10.1 Å². The summed E-state index contributed by atoms with van der Waals surface area (Å²) in [5, 5.41) is 12.7. The number of hydrogen-bond donors (Lipinski definition) is 2. The molecule has 0 spiro atoms. The molecule has 0 atom stereocenters. The summed E-state index contributed by atoms with van der Waals surface area (Å²) in [5.41, 5.74) is 1.72. The van der Waals surface area contributed by atoms with Crippen LogP contribution in [0.2, 0.25) is 4.34 Å². The van der Waals surface area contributed by atoms with Crippen molar-refractivity contribution in [1.29, 1.82) is 0 Å².